The quantitative estimate of drug-likeness (QED) is 0.106. The first-order valence-corrected chi connectivity index (χ1v) is 16.8. The van der Waals surface area contributed by atoms with Crippen molar-refractivity contribution in [2.75, 3.05) is 5.32 Å². The summed E-state index contributed by atoms with van der Waals surface area (Å²) in [5.74, 6) is -4.56. The zero-order valence-corrected chi connectivity index (χ0v) is 28.9. The van der Waals surface area contributed by atoms with Gasteiger partial charge in [0.25, 0.3) is 11.8 Å². The molecule has 9 heteroatoms. The SMILES string of the molecule is CCCCC(C)(CC)NC(=O)c1cc(C(=O)c2ccc(C(=O)O)c(C(=O)Nc3cccc(C(C)(CC)CCCC)c3)c2)ccc1C(=O)O. The van der Waals surface area contributed by atoms with E-state index >= 15 is 0 Å². The maximum Gasteiger partial charge on any atom is 0.336 e. The lowest BCUT2D eigenvalue weighted by atomic mass is 9.76. The van der Waals surface area contributed by atoms with Gasteiger partial charge in [0.2, 0.25) is 0 Å². The van der Waals surface area contributed by atoms with E-state index in [2.05, 4.69) is 31.4 Å². The van der Waals surface area contributed by atoms with Crippen molar-refractivity contribution in [3.8, 4) is 0 Å². The predicted octanol–water partition coefficient (Wildman–Crippen LogP) is 8.51. The molecular weight excluding hydrogens is 608 g/mol. The molecule has 0 fully saturated rings. The zero-order valence-electron chi connectivity index (χ0n) is 28.9. The smallest absolute Gasteiger partial charge is 0.336 e. The number of carboxylic acid groups (broad SMARTS) is 2. The Labute approximate surface area is 283 Å². The van der Waals surface area contributed by atoms with Gasteiger partial charge in [0.1, 0.15) is 0 Å². The van der Waals surface area contributed by atoms with Crippen LogP contribution in [0.5, 0.6) is 0 Å². The molecule has 0 radical (unpaired) electrons. The lowest BCUT2D eigenvalue weighted by molar-refractivity contribution is 0.0682. The number of benzene rings is 3. The molecule has 48 heavy (non-hydrogen) atoms. The fraction of sp³-hybridized carbons (Fsp3) is 0.410. The number of rotatable bonds is 17. The number of ketones is 1. The molecule has 3 aromatic rings. The van der Waals surface area contributed by atoms with Gasteiger partial charge in [0, 0.05) is 22.4 Å². The number of nitrogens with one attached hydrogen (secondary N) is 2. The molecule has 0 bridgehead atoms. The van der Waals surface area contributed by atoms with Crippen molar-refractivity contribution < 1.29 is 34.2 Å². The van der Waals surface area contributed by atoms with E-state index in [1.807, 2.05) is 39.0 Å². The molecule has 0 saturated heterocycles. The number of unbranched alkanes of at least 4 members (excludes halogenated alkanes) is 2. The first kappa shape index (κ1) is 37.7. The highest BCUT2D eigenvalue weighted by Gasteiger charge is 2.28. The second kappa shape index (κ2) is 16.4. The van der Waals surface area contributed by atoms with Crippen LogP contribution in [0.4, 0.5) is 5.69 Å². The molecule has 3 aromatic carbocycles. The molecule has 3 rings (SSSR count). The highest BCUT2D eigenvalue weighted by atomic mass is 16.4. The highest BCUT2D eigenvalue weighted by molar-refractivity contribution is 6.16. The standard InChI is InChI=1S/C39H48N2O7/c1-7-11-20-38(5,9-3)27-14-13-15-28(24-27)40-34(43)31-22-25(16-18-29(31)36(45)46)33(42)26-17-19-30(37(47)48)32(23-26)35(44)41-39(6,10-4)21-12-8-2/h13-19,22-24H,7-12,20-21H2,1-6H3,(H,40,43)(H,41,44)(H,45,46)(H,47,48). The molecule has 256 valence electrons. The summed E-state index contributed by atoms with van der Waals surface area (Å²) in [5.41, 5.74) is 0.0169. The van der Waals surface area contributed by atoms with Crippen LogP contribution in [0.1, 0.15) is 156 Å². The van der Waals surface area contributed by atoms with Gasteiger partial charge in [0.15, 0.2) is 5.78 Å². The third-order valence-corrected chi connectivity index (χ3v) is 9.47. The van der Waals surface area contributed by atoms with E-state index in [0.717, 1.165) is 44.1 Å². The molecule has 4 N–H and O–H groups in total. The average molecular weight is 657 g/mol. The minimum Gasteiger partial charge on any atom is -0.478 e. The minimum atomic E-state index is -1.34. The molecule has 9 nitrogen and oxygen atoms in total. The number of hydrogen-bond acceptors (Lipinski definition) is 5. The lowest BCUT2D eigenvalue weighted by Gasteiger charge is -2.30. The van der Waals surface area contributed by atoms with Crippen LogP contribution in [-0.4, -0.2) is 45.3 Å². The second-order valence-corrected chi connectivity index (χ2v) is 13.0. The number of aromatic carboxylic acids is 2. The van der Waals surface area contributed by atoms with Crippen LogP contribution in [0.2, 0.25) is 0 Å². The van der Waals surface area contributed by atoms with Crippen molar-refractivity contribution in [3.05, 3.63) is 99.6 Å². The maximum absolute atomic E-state index is 13.7. The summed E-state index contributed by atoms with van der Waals surface area (Å²) in [5, 5.41) is 25.4. The topological polar surface area (TPSA) is 150 Å². The summed E-state index contributed by atoms with van der Waals surface area (Å²) >= 11 is 0. The van der Waals surface area contributed by atoms with Crippen LogP contribution < -0.4 is 10.6 Å². The lowest BCUT2D eigenvalue weighted by Crippen LogP contribution is -2.45. The minimum absolute atomic E-state index is 0.00722. The highest BCUT2D eigenvalue weighted by Crippen LogP contribution is 2.34. The Morgan fingerprint density at radius 2 is 1.19 bits per heavy atom. The fourth-order valence-electron chi connectivity index (χ4n) is 5.79. The molecule has 2 unspecified atom stereocenters. The van der Waals surface area contributed by atoms with Gasteiger partial charge >= 0.3 is 11.9 Å². The van der Waals surface area contributed by atoms with E-state index in [0.29, 0.717) is 18.5 Å². The monoisotopic (exact) mass is 656 g/mol. The molecule has 0 aliphatic heterocycles. The van der Waals surface area contributed by atoms with E-state index in [4.69, 9.17) is 0 Å². The Balaban J connectivity index is 1.98. The van der Waals surface area contributed by atoms with Crippen LogP contribution in [0, 0.1) is 0 Å². The van der Waals surface area contributed by atoms with Crippen LogP contribution in [0.3, 0.4) is 0 Å². The van der Waals surface area contributed by atoms with Crippen molar-refractivity contribution in [3.63, 3.8) is 0 Å². The van der Waals surface area contributed by atoms with Gasteiger partial charge in [-0.1, -0.05) is 84.6 Å². The second-order valence-electron chi connectivity index (χ2n) is 13.0. The van der Waals surface area contributed by atoms with Crippen LogP contribution in [0.15, 0.2) is 60.7 Å². The summed E-state index contributed by atoms with van der Waals surface area (Å²) < 4.78 is 0. The molecule has 2 amide bonds. The van der Waals surface area contributed by atoms with E-state index in [1.54, 1.807) is 6.07 Å². The Morgan fingerprint density at radius 1 is 0.646 bits per heavy atom. The Hall–Kier alpha value is -4.79. The van der Waals surface area contributed by atoms with Crippen molar-refractivity contribution in [1.82, 2.24) is 5.32 Å². The van der Waals surface area contributed by atoms with Gasteiger partial charge < -0.3 is 20.8 Å². The third-order valence-electron chi connectivity index (χ3n) is 9.47. The first-order chi connectivity index (χ1) is 22.7. The molecule has 0 aliphatic rings. The molecule has 0 saturated carbocycles. The normalized spacial score (nSPS) is 13.5. The Bertz CT molecular complexity index is 1680. The fourth-order valence-corrected chi connectivity index (χ4v) is 5.79. The van der Waals surface area contributed by atoms with Gasteiger partial charge in [-0.15, -0.1) is 0 Å². The number of carbonyl (C=O) groups is 5. The van der Waals surface area contributed by atoms with Crippen LogP contribution >= 0.6 is 0 Å². The number of amides is 2. The van der Waals surface area contributed by atoms with E-state index in [9.17, 15) is 34.2 Å². The zero-order chi connectivity index (χ0) is 35.6. The van der Waals surface area contributed by atoms with Crippen molar-refractivity contribution in [2.45, 2.75) is 104 Å². The summed E-state index contributed by atoms with van der Waals surface area (Å²) in [6, 6.07) is 15.0. The third kappa shape index (κ3) is 8.97. The van der Waals surface area contributed by atoms with Gasteiger partial charge in [-0.25, -0.2) is 9.59 Å². The summed E-state index contributed by atoms with van der Waals surface area (Å²) in [7, 11) is 0. The molecular formula is C39H48N2O7. The van der Waals surface area contributed by atoms with Gasteiger partial charge in [-0.2, -0.15) is 0 Å². The average Bonchev–Trinajstić information content (AvgIpc) is 3.08. The number of carbonyl (C=O) groups excluding carboxylic acids is 3. The van der Waals surface area contributed by atoms with Crippen molar-refractivity contribution in [1.29, 1.82) is 0 Å². The van der Waals surface area contributed by atoms with Crippen LogP contribution in [0.25, 0.3) is 0 Å². The molecule has 0 aromatic heterocycles. The Morgan fingerprint density at radius 3 is 1.69 bits per heavy atom. The molecule has 0 spiro atoms. The van der Waals surface area contributed by atoms with Crippen LogP contribution in [-0.2, 0) is 5.41 Å². The van der Waals surface area contributed by atoms with E-state index in [1.165, 1.54) is 36.4 Å². The van der Waals surface area contributed by atoms with Crippen molar-refractivity contribution in [2.24, 2.45) is 0 Å². The maximum atomic E-state index is 13.7. The van der Waals surface area contributed by atoms with E-state index in [-0.39, 0.29) is 38.8 Å². The first-order valence-electron chi connectivity index (χ1n) is 16.8. The summed E-state index contributed by atoms with van der Waals surface area (Å²) in [6.45, 7) is 12.3. The summed E-state index contributed by atoms with van der Waals surface area (Å²) in [4.78, 5) is 64.8. The molecule has 0 heterocycles. The number of anilines is 1. The summed E-state index contributed by atoms with van der Waals surface area (Å²) in [6.07, 6.45) is 7.15. The molecule has 0 aliphatic carbocycles. The molecule has 2 atom stereocenters. The van der Waals surface area contributed by atoms with Gasteiger partial charge in [-0.3, -0.25) is 14.4 Å². The largest absolute Gasteiger partial charge is 0.478 e. The Kier molecular flexibility index (Phi) is 12.8. The number of hydrogen-bond donors (Lipinski definition) is 4. The van der Waals surface area contributed by atoms with Gasteiger partial charge in [0.05, 0.1) is 22.3 Å². The van der Waals surface area contributed by atoms with Gasteiger partial charge in [-0.05, 0) is 80.0 Å². The van der Waals surface area contributed by atoms with E-state index < -0.39 is 35.1 Å². The number of carboxylic acids is 2. The predicted molar refractivity (Wildman–Crippen MR) is 187 cm³/mol. The van der Waals surface area contributed by atoms with Crippen molar-refractivity contribution >= 4 is 35.2 Å².